The zero-order valence-corrected chi connectivity index (χ0v) is 18.2. The first-order valence-electron chi connectivity index (χ1n) is 11.0. The summed E-state index contributed by atoms with van der Waals surface area (Å²) in [5, 5.41) is 4.48. The summed E-state index contributed by atoms with van der Waals surface area (Å²) in [4.78, 5) is 31.7. The van der Waals surface area contributed by atoms with Gasteiger partial charge >= 0.3 is 6.03 Å². The van der Waals surface area contributed by atoms with Crippen LogP contribution in [0.4, 0.5) is 4.79 Å². The summed E-state index contributed by atoms with van der Waals surface area (Å²) < 4.78 is 1.88. The second-order valence-electron chi connectivity index (χ2n) is 8.65. The Morgan fingerprint density at radius 2 is 1.53 bits per heavy atom. The highest BCUT2D eigenvalue weighted by atomic mass is 16.2. The van der Waals surface area contributed by atoms with Gasteiger partial charge in [0.05, 0.1) is 18.4 Å². The van der Waals surface area contributed by atoms with Gasteiger partial charge in [0.1, 0.15) is 5.54 Å². The van der Waals surface area contributed by atoms with Gasteiger partial charge in [-0.2, -0.15) is 5.10 Å². The molecule has 7 heteroatoms. The van der Waals surface area contributed by atoms with Crippen molar-refractivity contribution in [3.63, 3.8) is 0 Å². The van der Waals surface area contributed by atoms with E-state index >= 15 is 0 Å². The molecule has 32 heavy (non-hydrogen) atoms. The molecule has 1 spiro atoms. The van der Waals surface area contributed by atoms with Crippen molar-refractivity contribution in [2.45, 2.75) is 31.5 Å². The number of rotatable bonds is 5. The quantitative estimate of drug-likeness (QED) is 0.584. The Kier molecular flexibility index (Phi) is 5.27. The number of piperidine rings is 1. The van der Waals surface area contributed by atoms with E-state index in [1.165, 1.54) is 4.90 Å². The average molecular weight is 430 g/mol. The number of nitrogens with zero attached hydrogens (tertiary/aromatic N) is 5. The average Bonchev–Trinajstić information content (AvgIpc) is 3.37. The maximum Gasteiger partial charge on any atom is 0.327 e. The van der Waals surface area contributed by atoms with Gasteiger partial charge < -0.3 is 4.90 Å². The Morgan fingerprint density at radius 3 is 2.22 bits per heavy atom. The van der Waals surface area contributed by atoms with Gasteiger partial charge in [-0.1, -0.05) is 48.5 Å². The zero-order valence-electron chi connectivity index (χ0n) is 18.2. The maximum atomic E-state index is 13.4. The molecule has 2 aliphatic rings. The van der Waals surface area contributed by atoms with Crippen molar-refractivity contribution in [3.05, 3.63) is 84.2 Å². The summed E-state index contributed by atoms with van der Waals surface area (Å²) in [5.41, 5.74) is 2.41. The lowest BCUT2D eigenvalue weighted by atomic mass is 9.86. The molecule has 2 aromatic carbocycles. The number of amides is 3. The fraction of sp³-hybridized carbons (Fsp3) is 0.320. The number of likely N-dealkylation sites (N-methyl/N-ethyl adjacent to an activating group) is 1. The molecule has 164 valence electrons. The molecular formula is C25H27N5O2. The Morgan fingerprint density at radius 1 is 0.875 bits per heavy atom. The molecule has 0 aliphatic carbocycles. The van der Waals surface area contributed by atoms with Crippen LogP contribution in [0.25, 0.3) is 5.69 Å². The third kappa shape index (κ3) is 3.58. The summed E-state index contributed by atoms with van der Waals surface area (Å²) in [6.45, 7) is 2.63. The molecule has 3 heterocycles. The molecule has 2 fully saturated rings. The van der Waals surface area contributed by atoms with Crippen LogP contribution in [0.5, 0.6) is 0 Å². The van der Waals surface area contributed by atoms with Crippen LogP contribution in [0.3, 0.4) is 0 Å². The van der Waals surface area contributed by atoms with E-state index in [9.17, 15) is 9.59 Å². The fourth-order valence-corrected chi connectivity index (χ4v) is 4.80. The van der Waals surface area contributed by atoms with Crippen LogP contribution < -0.4 is 0 Å². The van der Waals surface area contributed by atoms with E-state index in [0.717, 1.165) is 36.4 Å². The highest BCUT2D eigenvalue weighted by Gasteiger charge is 2.56. The number of carbonyl (C=O) groups is 2. The van der Waals surface area contributed by atoms with Gasteiger partial charge in [0.2, 0.25) is 0 Å². The highest BCUT2D eigenvalue weighted by molar-refractivity contribution is 6.06. The summed E-state index contributed by atoms with van der Waals surface area (Å²) >= 11 is 0. The van der Waals surface area contributed by atoms with Crippen molar-refractivity contribution >= 4 is 11.9 Å². The van der Waals surface area contributed by atoms with Gasteiger partial charge in [0.25, 0.3) is 5.91 Å². The Balaban J connectivity index is 1.24. The Hall–Kier alpha value is -3.45. The molecule has 3 aromatic rings. The number of likely N-dealkylation sites (tertiary alicyclic amines) is 1. The van der Waals surface area contributed by atoms with Crippen molar-refractivity contribution in [2.24, 2.45) is 0 Å². The van der Waals surface area contributed by atoms with E-state index in [0.29, 0.717) is 19.4 Å². The molecule has 0 N–H and O–H groups in total. The standard InChI is InChI=1S/C25H27N5O2/c1-27-24(32)29(18-20-8-4-2-5-9-20)23(31)25(27)12-14-28(15-13-25)17-21-16-26-30(19-21)22-10-6-3-7-11-22/h2-11,16,19H,12-15,17-18H2,1H3. The first-order chi connectivity index (χ1) is 15.6. The van der Waals surface area contributed by atoms with Crippen LogP contribution in [-0.4, -0.2) is 62.1 Å². The van der Waals surface area contributed by atoms with Crippen molar-refractivity contribution in [2.75, 3.05) is 20.1 Å². The molecule has 1 aromatic heterocycles. The summed E-state index contributed by atoms with van der Waals surface area (Å²) in [5.74, 6) is -0.0644. The minimum atomic E-state index is -0.726. The summed E-state index contributed by atoms with van der Waals surface area (Å²) in [7, 11) is 1.77. The highest BCUT2D eigenvalue weighted by Crippen LogP contribution is 2.37. The second-order valence-corrected chi connectivity index (χ2v) is 8.65. The van der Waals surface area contributed by atoms with E-state index in [1.807, 2.05) is 71.5 Å². The van der Waals surface area contributed by atoms with E-state index in [-0.39, 0.29) is 11.9 Å². The van der Waals surface area contributed by atoms with Gasteiger partial charge in [-0.25, -0.2) is 9.48 Å². The summed E-state index contributed by atoms with van der Waals surface area (Å²) in [6, 6.07) is 19.5. The predicted octanol–water partition coefficient (Wildman–Crippen LogP) is 3.30. The maximum absolute atomic E-state index is 13.4. The predicted molar refractivity (Wildman–Crippen MR) is 121 cm³/mol. The van der Waals surface area contributed by atoms with Gasteiger partial charge in [-0.15, -0.1) is 0 Å². The lowest BCUT2D eigenvalue weighted by Gasteiger charge is -2.40. The third-order valence-corrected chi connectivity index (χ3v) is 6.73. The van der Waals surface area contributed by atoms with Crippen LogP contribution in [0, 0.1) is 0 Å². The van der Waals surface area contributed by atoms with Crippen molar-refractivity contribution in [1.82, 2.24) is 24.5 Å². The molecule has 0 radical (unpaired) electrons. The molecule has 0 unspecified atom stereocenters. The number of urea groups is 1. The van der Waals surface area contributed by atoms with Crippen molar-refractivity contribution < 1.29 is 9.59 Å². The topological polar surface area (TPSA) is 61.7 Å². The van der Waals surface area contributed by atoms with E-state index < -0.39 is 5.54 Å². The Bertz CT molecular complexity index is 1100. The monoisotopic (exact) mass is 429 g/mol. The van der Waals surface area contributed by atoms with Gasteiger partial charge in [0, 0.05) is 38.4 Å². The van der Waals surface area contributed by atoms with Crippen molar-refractivity contribution in [1.29, 1.82) is 0 Å². The van der Waals surface area contributed by atoms with Crippen LogP contribution in [0.15, 0.2) is 73.1 Å². The van der Waals surface area contributed by atoms with Crippen LogP contribution in [-0.2, 0) is 17.9 Å². The minimum absolute atomic E-state index is 0.0644. The van der Waals surface area contributed by atoms with E-state index in [4.69, 9.17) is 0 Å². The smallest absolute Gasteiger partial charge is 0.312 e. The normalized spacial score (nSPS) is 18.7. The molecule has 0 bridgehead atoms. The SMILES string of the molecule is CN1C(=O)N(Cc2ccccc2)C(=O)C12CCN(Cc1cnn(-c3ccccc3)c1)CC2. The first kappa shape index (κ1) is 20.5. The molecule has 0 atom stereocenters. The molecule has 5 rings (SSSR count). The second kappa shape index (κ2) is 8.24. The fourth-order valence-electron chi connectivity index (χ4n) is 4.80. The number of carbonyl (C=O) groups excluding carboxylic acids is 2. The van der Waals surface area contributed by atoms with Crippen LogP contribution in [0.1, 0.15) is 24.0 Å². The summed E-state index contributed by atoms with van der Waals surface area (Å²) in [6.07, 6.45) is 5.24. The van der Waals surface area contributed by atoms with Gasteiger partial charge in [-0.05, 0) is 30.5 Å². The first-order valence-corrected chi connectivity index (χ1v) is 11.0. The number of benzene rings is 2. The van der Waals surface area contributed by atoms with E-state index in [2.05, 4.69) is 16.2 Å². The molecule has 0 saturated carbocycles. The lowest BCUT2D eigenvalue weighted by molar-refractivity contribution is -0.135. The number of aromatic nitrogens is 2. The van der Waals surface area contributed by atoms with Gasteiger partial charge in [-0.3, -0.25) is 14.6 Å². The van der Waals surface area contributed by atoms with Gasteiger partial charge in [0.15, 0.2) is 0 Å². The van der Waals surface area contributed by atoms with E-state index in [1.54, 1.807) is 11.9 Å². The minimum Gasteiger partial charge on any atom is -0.312 e. The van der Waals surface area contributed by atoms with Crippen LogP contribution in [0.2, 0.25) is 0 Å². The number of imide groups is 1. The molecule has 7 nitrogen and oxygen atoms in total. The number of para-hydroxylation sites is 1. The Labute approximate surface area is 187 Å². The largest absolute Gasteiger partial charge is 0.327 e. The van der Waals surface area contributed by atoms with Crippen LogP contribution >= 0.6 is 0 Å². The number of hydrogen-bond donors (Lipinski definition) is 0. The molecule has 2 aliphatic heterocycles. The third-order valence-electron chi connectivity index (χ3n) is 6.73. The lowest BCUT2D eigenvalue weighted by Crippen LogP contribution is -2.55. The number of hydrogen-bond acceptors (Lipinski definition) is 4. The molecule has 3 amide bonds. The van der Waals surface area contributed by atoms with Crippen molar-refractivity contribution in [3.8, 4) is 5.69 Å². The molecule has 2 saturated heterocycles. The molecular weight excluding hydrogens is 402 g/mol. The zero-order chi connectivity index (χ0) is 22.1.